The Hall–Kier alpha value is -2.92. The van der Waals surface area contributed by atoms with Crippen LogP contribution in [0.1, 0.15) is 24.8 Å². The number of hydrogen-bond acceptors (Lipinski definition) is 6. The van der Waals surface area contributed by atoms with E-state index in [1.807, 2.05) is 17.0 Å². The first kappa shape index (κ1) is 27.6. The molecule has 3 aliphatic rings. The summed E-state index contributed by atoms with van der Waals surface area (Å²) in [6.07, 6.45) is 5.97. The summed E-state index contributed by atoms with van der Waals surface area (Å²) >= 11 is 12.0. The normalized spacial score (nSPS) is 23.7. The summed E-state index contributed by atoms with van der Waals surface area (Å²) < 4.78 is 0. The molecule has 0 radical (unpaired) electrons. The molecule has 1 aliphatic carbocycles. The second-order valence-corrected chi connectivity index (χ2v) is 11.1. The van der Waals surface area contributed by atoms with E-state index >= 15 is 0 Å². The van der Waals surface area contributed by atoms with Gasteiger partial charge in [-0.05, 0) is 49.1 Å². The number of halogens is 2. The number of aromatic nitrogens is 1. The van der Waals surface area contributed by atoms with Crippen LogP contribution in [0.25, 0.3) is 0 Å². The quantitative estimate of drug-likeness (QED) is 0.490. The number of carbonyl (C=O) groups is 3. The molecule has 39 heavy (non-hydrogen) atoms. The first-order chi connectivity index (χ1) is 18.9. The average molecular weight is 575 g/mol. The van der Waals surface area contributed by atoms with Crippen LogP contribution in [0, 0.1) is 5.92 Å². The molecule has 1 aromatic heterocycles. The number of carbonyl (C=O) groups excluding carboxylic acids is 3. The van der Waals surface area contributed by atoms with Crippen LogP contribution >= 0.6 is 23.2 Å². The Balaban J connectivity index is 1.09. The van der Waals surface area contributed by atoms with E-state index in [1.54, 1.807) is 35.5 Å². The standard InChI is InChI=1S/C27H33Cl2N7O3/c28-22-5-3-18(12-23(22)29)14-31-25(37)16-36-17-32-24-6-4-20(13-21(24)26(36)38)34-8-10-35(11-9-34)27(39)33-19-2-1-7-30-15-19/h1-3,5,7,12,15,20-21,24,32H,4,6,8-11,13-14,16-17H2,(H,31,37)(H,33,39). The maximum atomic E-state index is 13.4. The van der Waals surface area contributed by atoms with Gasteiger partial charge in [-0.15, -0.1) is 0 Å². The van der Waals surface area contributed by atoms with E-state index in [-0.39, 0.29) is 42.4 Å². The molecule has 3 unspecified atom stereocenters. The van der Waals surface area contributed by atoms with Gasteiger partial charge in [0, 0.05) is 51.0 Å². The summed E-state index contributed by atoms with van der Waals surface area (Å²) in [5.74, 6) is -0.349. The maximum Gasteiger partial charge on any atom is 0.321 e. The van der Waals surface area contributed by atoms with Crippen molar-refractivity contribution in [2.75, 3.05) is 44.7 Å². The van der Waals surface area contributed by atoms with Crippen molar-refractivity contribution in [2.45, 2.75) is 37.9 Å². The molecule has 2 saturated heterocycles. The van der Waals surface area contributed by atoms with E-state index in [0.717, 1.165) is 37.9 Å². The summed E-state index contributed by atoms with van der Waals surface area (Å²) in [7, 11) is 0. The number of nitrogens with one attached hydrogen (secondary N) is 3. The van der Waals surface area contributed by atoms with E-state index in [4.69, 9.17) is 23.2 Å². The number of rotatable bonds is 6. The second-order valence-electron chi connectivity index (χ2n) is 10.3. The molecule has 3 heterocycles. The van der Waals surface area contributed by atoms with Crippen LogP contribution in [0.4, 0.5) is 10.5 Å². The van der Waals surface area contributed by atoms with Crippen LogP contribution in [-0.2, 0) is 16.1 Å². The first-order valence-corrected chi connectivity index (χ1v) is 14.1. The Morgan fingerprint density at radius 2 is 1.90 bits per heavy atom. The van der Waals surface area contributed by atoms with Gasteiger partial charge in [-0.2, -0.15) is 0 Å². The van der Waals surface area contributed by atoms with Crippen molar-refractivity contribution >= 4 is 46.7 Å². The van der Waals surface area contributed by atoms with Crippen LogP contribution in [0.2, 0.25) is 10.0 Å². The minimum atomic E-state index is -0.220. The molecule has 3 N–H and O–H groups in total. The minimum Gasteiger partial charge on any atom is -0.350 e. The van der Waals surface area contributed by atoms with Crippen molar-refractivity contribution < 1.29 is 14.4 Å². The highest BCUT2D eigenvalue weighted by atomic mass is 35.5. The maximum absolute atomic E-state index is 13.4. The molecule has 4 amide bonds. The van der Waals surface area contributed by atoms with Gasteiger partial charge in [-0.3, -0.25) is 24.8 Å². The van der Waals surface area contributed by atoms with E-state index < -0.39 is 0 Å². The fourth-order valence-electron chi connectivity index (χ4n) is 5.68. The number of amides is 4. The molecule has 208 valence electrons. The van der Waals surface area contributed by atoms with Gasteiger partial charge in [0.15, 0.2) is 0 Å². The Labute approximate surface area is 238 Å². The molecule has 2 aliphatic heterocycles. The van der Waals surface area contributed by atoms with Crippen molar-refractivity contribution in [3.63, 3.8) is 0 Å². The zero-order valence-corrected chi connectivity index (χ0v) is 23.1. The molecule has 5 rings (SSSR count). The SMILES string of the molecule is O=C(CN1CNC2CCC(N3CCN(C(=O)Nc4cccnc4)CC3)CC2C1=O)NCc1ccc(Cl)c(Cl)c1. The van der Waals surface area contributed by atoms with Gasteiger partial charge < -0.3 is 20.4 Å². The van der Waals surface area contributed by atoms with E-state index in [9.17, 15) is 14.4 Å². The smallest absolute Gasteiger partial charge is 0.321 e. The Kier molecular flexibility index (Phi) is 8.86. The molecule has 1 saturated carbocycles. The number of urea groups is 1. The number of pyridine rings is 1. The van der Waals surface area contributed by atoms with Crippen LogP contribution in [-0.4, -0.2) is 89.0 Å². The molecule has 0 spiro atoms. The van der Waals surface area contributed by atoms with Gasteiger partial charge in [0.2, 0.25) is 11.8 Å². The van der Waals surface area contributed by atoms with E-state index in [1.165, 1.54) is 0 Å². The van der Waals surface area contributed by atoms with Gasteiger partial charge in [0.1, 0.15) is 6.54 Å². The molecule has 12 heteroatoms. The fourth-order valence-corrected chi connectivity index (χ4v) is 6.00. The fraction of sp³-hybridized carbons (Fsp3) is 0.481. The number of hydrogen-bond donors (Lipinski definition) is 3. The number of benzene rings is 1. The zero-order chi connectivity index (χ0) is 27.4. The van der Waals surface area contributed by atoms with E-state index in [2.05, 4.69) is 25.8 Å². The first-order valence-electron chi connectivity index (χ1n) is 13.3. The number of anilines is 1. The van der Waals surface area contributed by atoms with Crippen molar-refractivity contribution in [1.29, 1.82) is 0 Å². The average Bonchev–Trinajstić information content (AvgIpc) is 2.96. The minimum absolute atomic E-state index is 0.00572. The van der Waals surface area contributed by atoms with Gasteiger partial charge >= 0.3 is 6.03 Å². The topological polar surface area (TPSA) is 110 Å². The molecular formula is C27H33Cl2N7O3. The van der Waals surface area contributed by atoms with Crippen molar-refractivity contribution in [1.82, 2.24) is 30.3 Å². The van der Waals surface area contributed by atoms with Gasteiger partial charge in [0.25, 0.3) is 0 Å². The molecule has 3 fully saturated rings. The predicted octanol–water partition coefficient (Wildman–Crippen LogP) is 2.78. The van der Waals surface area contributed by atoms with Gasteiger partial charge in [-0.25, -0.2) is 4.79 Å². The summed E-state index contributed by atoms with van der Waals surface area (Å²) in [6, 6.07) is 9.12. The Morgan fingerprint density at radius 1 is 1.08 bits per heavy atom. The molecule has 10 nitrogen and oxygen atoms in total. The lowest BCUT2D eigenvalue weighted by Crippen LogP contribution is -2.62. The number of piperazine rings is 1. The zero-order valence-electron chi connectivity index (χ0n) is 21.6. The largest absolute Gasteiger partial charge is 0.350 e. The summed E-state index contributed by atoms with van der Waals surface area (Å²) in [5, 5.41) is 10.1. The Morgan fingerprint density at radius 3 is 2.64 bits per heavy atom. The third-order valence-electron chi connectivity index (χ3n) is 7.83. The Bertz CT molecular complexity index is 1190. The van der Waals surface area contributed by atoms with Gasteiger partial charge in [0.05, 0.1) is 34.5 Å². The number of fused-ring (bicyclic) bond motifs is 1. The molecular weight excluding hydrogens is 541 g/mol. The van der Waals surface area contributed by atoms with E-state index in [0.29, 0.717) is 42.0 Å². The van der Waals surface area contributed by atoms with Crippen LogP contribution < -0.4 is 16.0 Å². The molecule has 0 bridgehead atoms. The van der Waals surface area contributed by atoms with Crippen molar-refractivity contribution in [3.05, 3.63) is 58.3 Å². The molecule has 1 aromatic carbocycles. The molecule has 2 aromatic rings. The third kappa shape index (κ3) is 6.81. The highest BCUT2D eigenvalue weighted by Crippen LogP contribution is 2.32. The highest BCUT2D eigenvalue weighted by molar-refractivity contribution is 6.42. The summed E-state index contributed by atoms with van der Waals surface area (Å²) in [5.41, 5.74) is 1.52. The van der Waals surface area contributed by atoms with Crippen molar-refractivity contribution in [3.8, 4) is 0 Å². The lowest BCUT2D eigenvalue weighted by molar-refractivity contribution is -0.146. The predicted molar refractivity (Wildman–Crippen MR) is 149 cm³/mol. The lowest BCUT2D eigenvalue weighted by Gasteiger charge is -2.47. The number of nitrogens with zero attached hydrogens (tertiary/aromatic N) is 4. The van der Waals surface area contributed by atoms with Gasteiger partial charge in [-0.1, -0.05) is 29.3 Å². The monoisotopic (exact) mass is 573 g/mol. The van der Waals surface area contributed by atoms with Crippen molar-refractivity contribution in [2.24, 2.45) is 5.92 Å². The lowest BCUT2D eigenvalue weighted by atomic mass is 9.79. The van der Waals surface area contributed by atoms with Crippen LogP contribution in [0.5, 0.6) is 0 Å². The third-order valence-corrected chi connectivity index (χ3v) is 8.57. The van der Waals surface area contributed by atoms with Crippen LogP contribution in [0.15, 0.2) is 42.7 Å². The summed E-state index contributed by atoms with van der Waals surface area (Å²) in [4.78, 5) is 48.5. The summed E-state index contributed by atoms with van der Waals surface area (Å²) in [6.45, 7) is 3.49. The second kappa shape index (κ2) is 12.5. The molecule has 3 atom stereocenters. The van der Waals surface area contributed by atoms with Crippen LogP contribution in [0.3, 0.4) is 0 Å². The highest BCUT2D eigenvalue weighted by Gasteiger charge is 2.42.